The van der Waals surface area contributed by atoms with Gasteiger partial charge in [-0.3, -0.25) is 14.9 Å². The molecule has 0 bridgehead atoms. The molecule has 0 aromatic heterocycles. The number of hydrogen-bond acceptors (Lipinski definition) is 4. The molecule has 1 rings (SSSR count). The summed E-state index contributed by atoms with van der Waals surface area (Å²) in [6.45, 7) is 1.17. The van der Waals surface area contributed by atoms with Gasteiger partial charge in [0.2, 0.25) is 5.82 Å². The van der Waals surface area contributed by atoms with Crippen LogP contribution in [0.3, 0.4) is 0 Å². The molecule has 1 aromatic rings. The number of nitro groups is 1. The molecule has 5 nitrogen and oxygen atoms in total. The van der Waals surface area contributed by atoms with Gasteiger partial charge in [-0.1, -0.05) is 0 Å². The zero-order valence-electron chi connectivity index (χ0n) is 7.15. The number of nitrogens with zero attached hydrogens (tertiary/aromatic N) is 1. The highest BCUT2D eigenvalue weighted by Crippen LogP contribution is 2.30. The number of carbonyl (C=O) groups is 1. The lowest BCUT2D eigenvalue weighted by atomic mass is 10.1. The fourth-order valence-electron chi connectivity index (χ4n) is 0.969. The molecule has 14 heavy (non-hydrogen) atoms. The Kier molecular flexibility index (Phi) is 2.46. The second kappa shape index (κ2) is 3.41. The van der Waals surface area contributed by atoms with Gasteiger partial charge in [-0.15, -0.1) is 0 Å². The van der Waals surface area contributed by atoms with E-state index < -0.39 is 28.0 Å². The number of ketones is 1. The van der Waals surface area contributed by atoms with Gasteiger partial charge in [0.05, 0.1) is 4.92 Å². The molecule has 1 aromatic carbocycles. The van der Waals surface area contributed by atoms with Gasteiger partial charge < -0.3 is 5.11 Å². The molecular weight excluding hydrogens is 193 g/mol. The van der Waals surface area contributed by atoms with Crippen LogP contribution in [0.2, 0.25) is 0 Å². The maximum Gasteiger partial charge on any atom is 0.346 e. The lowest BCUT2D eigenvalue weighted by molar-refractivity contribution is -0.388. The number of nitro benzene ring substituents is 1. The Balaban J connectivity index is 3.39. The third-order valence-electron chi connectivity index (χ3n) is 1.63. The average molecular weight is 199 g/mol. The molecule has 0 radical (unpaired) electrons. The van der Waals surface area contributed by atoms with Crippen LogP contribution in [0.15, 0.2) is 12.1 Å². The first-order chi connectivity index (χ1) is 6.43. The van der Waals surface area contributed by atoms with E-state index in [1.165, 1.54) is 6.92 Å². The van der Waals surface area contributed by atoms with E-state index in [4.69, 9.17) is 5.11 Å². The third kappa shape index (κ3) is 1.68. The first-order valence-corrected chi connectivity index (χ1v) is 3.61. The van der Waals surface area contributed by atoms with Gasteiger partial charge in [0.15, 0.2) is 11.5 Å². The van der Waals surface area contributed by atoms with Gasteiger partial charge in [-0.25, -0.2) is 0 Å². The number of rotatable bonds is 2. The van der Waals surface area contributed by atoms with Crippen LogP contribution >= 0.6 is 0 Å². The van der Waals surface area contributed by atoms with Crippen molar-refractivity contribution in [2.24, 2.45) is 0 Å². The van der Waals surface area contributed by atoms with Crippen molar-refractivity contribution in [1.82, 2.24) is 0 Å². The maximum atomic E-state index is 13.0. The van der Waals surface area contributed by atoms with E-state index in [1.807, 2.05) is 0 Å². The van der Waals surface area contributed by atoms with Crippen LogP contribution in [0.1, 0.15) is 17.3 Å². The molecule has 0 amide bonds. The van der Waals surface area contributed by atoms with Crippen LogP contribution in [-0.4, -0.2) is 15.8 Å². The summed E-state index contributed by atoms with van der Waals surface area (Å²) >= 11 is 0. The van der Waals surface area contributed by atoms with E-state index in [-0.39, 0.29) is 5.56 Å². The van der Waals surface area contributed by atoms with Gasteiger partial charge in [0.25, 0.3) is 0 Å². The number of halogens is 1. The minimum atomic E-state index is -1.22. The Morgan fingerprint density at radius 1 is 1.57 bits per heavy atom. The van der Waals surface area contributed by atoms with Crippen molar-refractivity contribution in [3.63, 3.8) is 0 Å². The van der Waals surface area contributed by atoms with E-state index in [0.29, 0.717) is 0 Å². The number of aromatic hydroxyl groups is 1. The molecule has 0 fully saturated rings. The number of Topliss-reactive ketones (excluding diaryl/α,β-unsaturated/α-hetero) is 1. The summed E-state index contributed by atoms with van der Waals surface area (Å²) in [4.78, 5) is 20.0. The molecule has 1 N–H and O–H groups in total. The molecule has 0 aliphatic carbocycles. The topological polar surface area (TPSA) is 80.4 Å². The van der Waals surface area contributed by atoms with E-state index >= 15 is 0 Å². The van der Waals surface area contributed by atoms with Crippen molar-refractivity contribution in [1.29, 1.82) is 0 Å². The molecule has 0 heterocycles. The molecule has 0 saturated heterocycles. The summed E-state index contributed by atoms with van der Waals surface area (Å²) in [5, 5.41) is 19.3. The van der Waals surface area contributed by atoms with Gasteiger partial charge >= 0.3 is 5.69 Å². The standard InChI is InChI=1S/C8H6FNO4/c1-4(11)5-2-6(9)8(10(13)14)7(12)3-5/h2-3,12H,1H3. The summed E-state index contributed by atoms with van der Waals surface area (Å²) in [6.07, 6.45) is 0. The number of benzene rings is 1. The molecule has 0 aliphatic heterocycles. The Labute approximate surface area is 77.9 Å². The van der Waals surface area contributed by atoms with Gasteiger partial charge in [0.1, 0.15) is 0 Å². The summed E-state index contributed by atoms with van der Waals surface area (Å²) in [7, 11) is 0. The lowest BCUT2D eigenvalue weighted by Gasteiger charge is -1.99. The summed E-state index contributed by atoms with van der Waals surface area (Å²) in [5.74, 6) is -2.55. The average Bonchev–Trinajstić information content (AvgIpc) is 2.01. The fraction of sp³-hybridized carbons (Fsp3) is 0.125. The fourth-order valence-corrected chi connectivity index (χ4v) is 0.969. The summed E-state index contributed by atoms with van der Waals surface area (Å²) < 4.78 is 13.0. The van der Waals surface area contributed by atoms with E-state index in [2.05, 4.69) is 0 Å². The predicted octanol–water partition coefficient (Wildman–Crippen LogP) is 1.64. The smallest absolute Gasteiger partial charge is 0.346 e. The van der Waals surface area contributed by atoms with Crippen molar-refractivity contribution in [2.45, 2.75) is 6.92 Å². The van der Waals surface area contributed by atoms with Crippen LogP contribution in [0.25, 0.3) is 0 Å². The van der Waals surface area contributed by atoms with Crippen LogP contribution in [-0.2, 0) is 0 Å². The highest BCUT2D eigenvalue weighted by atomic mass is 19.1. The summed E-state index contributed by atoms with van der Waals surface area (Å²) in [6, 6.07) is 1.59. The number of phenolic OH excluding ortho intramolecular Hbond substituents is 1. The molecule has 74 valence electrons. The van der Waals surface area contributed by atoms with Crippen molar-refractivity contribution in [3.8, 4) is 5.75 Å². The van der Waals surface area contributed by atoms with Gasteiger partial charge in [-0.05, 0) is 19.1 Å². The van der Waals surface area contributed by atoms with E-state index in [1.54, 1.807) is 0 Å². The molecule has 6 heteroatoms. The second-order valence-electron chi connectivity index (χ2n) is 2.64. The number of hydrogen-bond donors (Lipinski definition) is 1. The quantitative estimate of drug-likeness (QED) is 0.446. The summed E-state index contributed by atoms with van der Waals surface area (Å²) in [5.41, 5.74) is -1.12. The molecular formula is C8H6FNO4. The minimum absolute atomic E-state index is 0.106. The maximum absolute atomic E-state index is 13.0. The third-order valence-corrected chi connectivity index (χ3v) is 1.63. The van der Waals surface area contributed by atoms with Crippen LogP contribution in [0.5, 0.6) is 5.75 Å². The molecule has 0 unspecified atom stereocenters. The monoisotopic (exact) mass is 199 g/mol. The van der Waals surface area contributed by atoms with Crippen molar-refractivity contribution in [3.05, 3.63) is 33.6 Å². The first kappa shape index (κ1) is 10.1. The molecule has 0 saturated carbocycles. The SMILES string of the molecule is CC(=O)c1cc(O)c([N+](=O)[O-])c(F)c1. The Morgan fingerprint density at radius 2 is 2.14 bits per heavy atom. The zero-order valence-corrected chi connectivity index (χ0v) is 7.15. The predicted molar refractivity (Wildman–Crippen MR) is 44.7 cm³/mol. The highest BCUT2D eigenvalue weighted by Gasteiger charge is 2.22. The van der Waals surface area contributed by atoms with Gasteiger partial charge in [-0.2, -0.15) is 4.39 Å². The molecule has 0 spiro atoms. The minimum Gasteiger partial charge on any atom is -0.502 e. The number of phenols is 1. The number of carbonyl (C=O) groups excluding carboxylic acids is 1. The highest BCUT2D eigenvalue weighted by molar-refractivity contribution is 5.94. The Bertz CT molecular complexity index is 393. The van der Waals surface area contributed by atoms with Gasteiger partial charge in [0, 0.05) is 5.56 Å². The molecule has 0 aliphatic rings. The molecule has 0 atom stereocenters. The van der Waals surface area contributed by atoms with E-state index in [9.17, 15) is 19.3 Å². The van der Waals surface area contributed by atoms with Crippen molar-refractivity contribution >= 4 is 11.5 Å². The van der Waals surface area contributed by atoms with Crippen LogP contribution in [0, 0.1) is 15.9 Å². The lowest BCUT2D eigenvalue weighted by Crippen LogP contribution is -1.98. The van der Waals surface area contributed by atoms with Crippen LogP contribution < -0.4 is 0 Å². The van der Waals surface area contributed by atoms with E-state index in [0.717, 1.165) is 12.1 Å². The Hall–Kier alpha value is -1.98. The first-order valence-electron chi connectivity index (χ1n) is 3.61. The normalized spacial score (nSPS) is 9.86. The Morgan fingerprint density at radius 3 is 2.50 bits per heavy atom. The van der Waals surface area contributed by atoms with Crippen molar-refractivity contribution in [2.75, 3.05) is 0 Å². The van der Waals surface area contributed by atoms with Crippen molar-refractivity contribution < 1.29 is 19.2 Å². The largest absolute Gasteiger partial charge is 0.502 e. The zero-order chi connectivity index (χ0) is 10.9. The second-order valence-corrected chi connectivity index (χ2v) is 2.64. The van der Waals surface area contributed by atoms with Crippen LogP contribution in [0.4, 0.5) is 10.1 Å².